The number of hydrogen-bond donors (Lipinski definition) is 0. The maximum Gasteiger partial charge on any atom is 0.162 e. The van der Waals surface area contributed by atoms with Crippen LogP contribution in [0.2, 0.25) is 0 Å². The maximum absolute atomic E-state index is 6.63. The smallest absolute Gasteiger partial charge is 0.162 e. The molecule has 0 saturated carbocycles. The van der Waals surface area contributed by atoms with Crippen molar-refractivity contribution >= 4 is 27.5 Å². The van der Waals surface area contributed by atoms with Crippen LogP contribution in [0.5, 0.6) is 11.5 Å². The average Bonchev–Trinajstić information content (AvgIpc) is 2.88. The first-order valence-corrected chi connectivity index (χ1v) is 8.68. The van der Waals surface area contributed by atoms with Crippen LogP contribution in [0.3, 0.4) is 0 Å². The molecule has 3 atom stereocenters. The van der Waals surface area contributed by atoms with Crippen molar-refractivity contribution in [2.45, 2.75) is 51.2 Å². The van der Waals surface area contributed by atoms with Crippen LogP contribution < -0.4 is 9.47 Å². The summed E-state index contributed by atoms with van der Waals surface area (Å²) in [5, 5.41) is -0.195. The highest BCUT2D eigenvalue weighted by Crippen LogP contribution is 2.42. The number of alkyl halides is 1. The normalized spacial score (nSPS) is 23.1. The highest BCUT2D eigenvalue weighted by molar-refractivity contribution is 9.10. The van der Waals surface area contributed by atoms with Crippen LogP contribution in [0.1, 0.15) is 44.6 Å². The van der Waals surface area contributed by atoms with Crippen molar-refractivity contribution in [3.63, 3.8) is 0 Å². The Labute approximate surface area is 140 Å². The monoisotopic (exact) mass is 376 g/mol. The Morgan fingerprint density at radius 1 is 1.24 bits per heavy atom. The molecule has 5 heteroatoms. The second-order valence-electron chi connectivity index (χ2n) is 5.15. The molecule has 0 aromatic heterocycles. The summed E-state index contributed by atoms with van der Waals surface area (Å²) >= 11 is 10.2. The second-order valence-corrected chi connectivity index (χ2v) is 6.48. The third-order valence-corrected chi connectivity index (χ3v) is 4.75. The predicted molar refractivity (Wildman–Crippen MR) is 88.6 cm³/mol. The first-order chi connectivity index (χ1) is 10.1. The van der Waals surface area contributed by atoms with E-state index in [0.29, 0.717) is 13.2 Å². The number of rotatable bonds is 6. The minimum Gasteiger partial charge on any atom is -0.490 e. The van der Waals surface area contributed by atoms with Crippen LogP contribution in [-0.2, 0) is 4.74 Å². The molecule has 0 spiro atoms. The van der Waals surface area contributed by atoms with Crippen molar-refractivity contribution in [2.24, 2.45) is 0 Å². The first kappa shape index (κ1) is 16.9. The van der Waals surface area contributed by atoms with Gasteiger partial charge in [0.1, 0.15) is 0 Å². The van der Waals surface area contributed by atoms with E-state index in [1.807, 2.05) is 26.0 Å². The Morgan fingerprint density at radius 3 is 2.38 bits per heavy atom. The van der Waals surface area contributed by atoms with Gasteiger partial charge >= 0.3 is 0 Å². The van der Waals surface area contributed by atoms with E-state index in [1.165, 1.54) is 0 Å². The molecular weight excluding hydrogens is 356 g/mol. The first-order valence-electron chi connectivity index (χ1n) is 7.45. The van der Waals surface area contributed by atoms with Crippen molar-refractivity contribution < 1.29 is 14.2 Å². The van der Waals surface area contributed by atoms with E-state index in [9.17, 15) is 0 Å². The van der Waals surface area contributed by atoms with E-state index in [1.54, 1.807) is 0 Å². The number of hydrogen-bond acceptors (Lipinski definition) is 3. The summed E-state index contributed by atoms with van der Waals surface area (Å²) in [6, 6.07) is 3.89. The van der Waals surface area contributed by atoms with Crippen LogP contribution >= 0.6 is 27.5 Å². The molecule has 1 aliphatic rings. The Bertz CT molecular complexity index is 481. The van der Waals surface area contributed by atoms with Gasteiger partial charge in [0.2, 0.25) is 0 Å². The zero-order valence-electron chi connectivity index (χ0n) is 12.7. The van der Waals surface area contributed by atoms with Gasteiger partial charge < -0.3 is 14.2 Å². The largest absolute Gasteiger partial charge is 0.490 e. The zero-order chi connectivity index (χ0) is 15.4. The molecule has 1 aromatic rings. The van der Waals surface area contributed by atoms with Gasteiger partial charge in [0.15, 0.2) is 11.5 Å². The van der Waals surface area contributed by atoms with Crippen molar-refractivity contribution in [2.75, 3.05) is 13.2 Å². The molecule has 1 heterocycles. The van der Waals surface area contributed by atoms with Crippen molar-refractivity contribution in [3.05, 3.63) is 22.2 Å². The van der Waals surface area contributed by atoms with Gasteiger partial charge in [-0.3, -0.25) is 0 Å². The molecule has 0 radical (unpaired) electrons. The van der Waals surface area contributed by atoms with Gasteiger partial charge in [-0.2, -0.15) is 0 Å². The Kier molecular flexibility index (Phi) is 6.20. The fraction of sp³-hybridized carbons (Fsp3) is 0.625. The van der Waals surface area contributed by atoms with Crippen LogP contribution in [0.15, 0.2) is 16.6 Å². The highest BCUT2D eigenvalue weighted by Gasteiger charge is 2.31. The lowest BCUT2D eigenvalue weighted by Gasteiger charge is -2.21. The lowest BCUT2D eigenvalue weighted by Crippen LogP contribution is -2.15. The summed E-state index contributed by atoms with van der Waals surface area (Å²) in [7, 11) is 0. The second kappa shape index (κ2) is 7.70. The number of benzene rings is 1. The van der Waals surface area contributed by atoms with Crippen LogP contribution in [0.4, 0.5) is 0 Å². The predicted octanol–water partition coefficient (Wildman–Crippen LogP) is 5.09. The summed E-state index contributed by atoms with van der Waals surface area (Å²) < 4.78 is 18.1. The molecule has 1 saturated heterocycles. The SMILES string of the molecule is CCOc1cc(Br)c(C(Cl)C2CCC(C)O2)cc1OCC. The van der Waals surface area contributed by atoms with Crippen molar-refractivity contribution in [1.82, 2.24) is 0 Å². The zero-order valence-corrected chi connectivity index (χ0v) is 15.0. The molecule has 118 valence electrons. The number of ether oxygens (including phenoxy) is 3. The molecule has 0 amide bonds. The van der Waals surface area contributed by atoms with Gasteiger partial charge in [-0.05, 0) is 51.3 Å². The average molecular weight is 378 g/mol. The van der Waals surface area contributed by atoms with E-state index < -0.39 is 0 Å². The molecule has 1 fully saturated rings. The third kappa shape index (κ3) is 4.05. The molecule has 0 bridgehead atoms. The molecule has 1 aliphatic heterocycles. The van der Waals surface area contributed by atoms with Gasteiger partial charge in [-0.1, -0.05) is 15.9 Å². The Hall–Kier alpha value is -0.450. The molecule has 2 rings (SSSR count). The summed E-state index contributed by atoms with van der Waals surface area (Å²) in [5.41, 5.74) is 0.989. The van der Waals surface area contributed by atoms with E-state index in [4.69, 9.17) is 25.8 Å². The summed E-state index contributed by atoms with van der Waals surface area (Å²) in [6.45, 7) is 7.18. The van der Waals surface area contributed by atoms with Crippen LogP contribution in [0.25, 0.3) is 0 Å². The third-order valence-electron chi connectivity index (χ3n) is 3.55. The Balaban J connectivity index is 2.27. The quantitative estimate of drug-likeness (QED) is 0.646. The molecule has 0 aliphatic carbocycles. The molecule has 21 heavy (non-hydrogen) atoms. The fourth-order valence-corrected chi connectivity index (χ4v) is 3.61. The number of halogens is 2. The standard InChI is InChI=1S/C16H22BrClO3/c1-4-19-14-8-11(12(17)9-15(14)20-5-2)16(18)13-7-6-10(3)21-13/h8-10,13,16H,4-7H2,1-3H3. The Morgan fingerprint density at radius 2 is 1.86 bits per heavy atom. The highest BCUT2D eigenvalue weighted by atomic mass is 79.9. The van der Waals surface area contributed by atoms with Crippen molar-refractivity contribution in [3.8, 4) is 11.5 Å². The topological polar surface area (TPSA) is 27.7 Å². The summed E-state index contributed by atoms with van der Waals surface area (Å²) in [5.74, 6) is 1.47. The van der Waals surface area contributed by atoms with Crippen molar-refractivity contribution in [1.29, 1.82) is 0 Å². The van der Waals surface area contributed by atoms with Gasteiger partial charge in [-0.25, -0.2) is 0 Å². The molecule has 1 aromatic carbocycles. The lowest BCUT2D eigenvalue weighted by molar-refractivity contribution is 0.0532. The fourth-order valence-electron chi connectivity index (χ4n) is 2.55. The van der Waals surface area contributed by atoms with Gasteiger partial charge in [-0.15, -0.1) is 11.6 Å². The van der Waals surface area contributed by atoms with Gasteiger partial charge in [0, 0.05) is 4.47 Å². The van der Waals surface area contributed by atoms with Gasteiger partial charge in [0.05, 0.1) is 30.8 Å². The van der Waals surface area contributed by atoms with E-state index in [-0.39, 0.29) is 17.6 Å². The molecule has 3 nitrogen and oxygen atoms in total. The van der Waals surface area contributed by atoms with E-state index >= 15 is 0 Å². The molecular formula is C16H22BrClO3. The molecule has 3 unspecified atom stereocenters. The van der Waals surface area contributed by atoms with E-state index in [0.717, 1.165) is 34.4 Å². The summed E-state index contributed by atoms with van der Waals surface area (Å²) in [4.78, 5) is 0. The minimum absolute atomic E-state index is 0.0467. The maximum atomic E-state index is 6.63. The van der Waals surface area contributed by atoms with Gasteiger partial charge in [0.25, 0.3) is 0 Å². The van der Waals surface area contributed by atoms with E-state index in [2.05, 4.69) is 22.9 Å². The lowest BCUT2D eigenvalue weighted by atomic mass is 10.0. The minimum atomic E-state index is -0.195. The molecule has 0 N–H and O–H groups in total. The summed E-state index contributed by atoms with van der Waals surface area (Å²) in [6.07, 6.45) is 2.37. The van der Waals surface area contributed by atoms with Crippen LogP contribution in [0, 0.1) is 0 Å². The van der Waals surface area contributed by atoms with Crippen LogP contribution in [-0.4, -0.2) is 25.4 Å².